The zero-order valence-corrected chi connectivity index (χ0v) is 19.7. The number of carbonyl (C=O) groups is 1. The van der Waals surface area contributed by atoms with Crippen LogP contribution in [0, 0.1) is 20.8 Å². The number of carboxylic acids is 1. The first kappa shape index (κ1) is 22.3. The normalized spacial score (nSPS) is 17.3. The third-order valence-corrected chi connectivity index (χ3v) is 7.01. The smallest absolute Gasteiger partial charge is 0.314 e. The first-order valence-electron chi connectivity index (χ1n) is 11.6. The van der Waals surface area contributed by atoms with Crippen molar-refractivity contribution < 1.29 is 19.2 Å². The average molecular weight is 464 g/mol. The topological polar surface area (TPSA) is 114 Å². The summed E-state index contributed by atoms with van der Waals surface area (Å²) in [6.45, 7) is 8.63. The fraction of sp³-hybridized carbons (Fsp3) is 0.440. The van der Waals surface area contributed by atoms with Crippen LogP contribution in [-0.4, -0.2) is 52.5 Å². The van der Waals surface area contributed by atoms with E-state index in [0.717, 1.165) is 59.1 Å². The van der Waals surface area contributed by atoms with Gasteiger partial charge in [0.15, 0.2) is 0 Å². The molecule has 178 valence electrons. The predicted molar refractivity (Wildman–Crippen MR) is 128 cm³/mol. The van der Waals surface area contributed by atoms with Gasteiger partial charge in [0.25, 0.3) is 0 Å². The van der Waals surface area contributed by atoms with Crippen LogP contribution in [0.5, 0.6) is 0 Å². The van der Waals surface area contributed by atoms with Gasteiger partial charge in [0.05, 0.1) is 35.6 Å². The molecule has 1 aliphatic heterocycles. The van der Waals surface area contributed by atoms with Crippen LogP contribution in [0.3, 0.4) is 0 Å². The quantitative estimate of drug-likeness (QED) is 0.556. The molecule has 2 aliphatic rings. The molecule has 2 fully saturated rings. The Hall–Kier alpha value is -3.46. The van der Waals surface area contributed by atoms with Gasteiger partial charge in [-0.3, -0.25) is 4.79 Å². The molecular weight excluding hydrogens is 434 g/mol. The van der Waals surface area contributed by atoms with E-state index in [-0.39, 0.29) is 0 Å². The van der Waals surface area contributed by atoms with Crippen molar-refractivity contribution in [2.75, 3.05) is 36.5 Å². The van der Waals surface area contributed by atoms with E-state index < -0.39 is 11.4 Å². The van der Waals surface area contributed by atoms with Crippen molar-refractivity contribution in [2.24, 2.45) is 0 Å². The van der Waals surface area contributed by atoms with Gasteiger partial charge in [0.1, 0.15) is 11.6 Å². The van der Waals surface area contributed by atoms with Crippen molar-refractivity contribution in [1.82, 2.24) is 15.1 Å². The van der Waals surface area contributed by atoms with Crippen LogP contribution in [-0.2, 0) is 14.9 Å². The predicted octanol–water partition coefficient (Wildman–Crippen LogP) is 4.14. The highest BCUT2D eigenvalue weighted by molar-refractivity contribution is 5.83. The molecule has 0 bridgehead atoms. The van der Waals surface area contributed by atoms with Gasteiger partial charge in [-0.15, -0.1) is 0 Å². The highest BCUT2D eigenvalue weighted by Gasteiger charge is 2.45. The van der Waals surface area contributed by atoms with E-state index >= 15 is 0 Å². The average Bonchev–Trinajstić information content (AvgIpc) is 3.13. The third kappa shape index (κ3) is 3.79. The summed E-state index contributed by atoms with van der Waals surface area (Å²) in [5.74, 6) is 1.28. The van der Waals surface area contributed by atoms with Crippen LogP contribution in [0.25, 0.3) is 11.3 Å². The fourth-order valence-corrected chi connectivity index (χ4v) is 4.87. The van der Waals surface area contributed by atoms with Gasteiger partial charge in [-0.1, -0.05) is 23.7 Å². The van der Waals surface area contributed by atoms with E-state index in [2.05, 4.69) is 15.4 Å². The maximum Gasteiger partial charge on any atom is 0.314 e. The molecule has 0 atom stereocenters. The summed E-state index contributed by atoms with van der Waals surface area (Å²) < 4.78 is 10.9. The summed E-state index contributed by atoms with van der Waals surface area (Å²) in [6, 6.07) is 7.57. The number of aromatic nitrogens is 3. The summed E-state index contributed by atoms with van der Waals surface area (Å²) in [7, 11) is 0. The zero-order valence-electron chi connectivity index (χ0n) is 19.7. The molecule has 9 heteroatoms. The molecule has 1 aromatic carbocycles. The number of hydrogen-bond donors (Lipinski definition) is 2. The van der Waals surface area contributed by atoms with Gasteiger partial charge < -0.3 is 24.6 Å². The molecule has 3 aromatic rings. The largest absolute Gasteiger partial charge is 0.481 e. The van der Waals surface area contributed by atoms with E-state index in [9.17, 15) is 9.90 Å². The number of anilines is 3. The van der Waals surface area contributed by atoms with E-state index in [0.29, 0.717) is 37.8 Å². The van der Waals surface area contributed by atoms with Crippen molar-refractivity contribution >= 4 is 23.4 Å². The van der Waals surface area contributed by atoms with E-state index in [1.54, 1.807) is 0 Å². The van der Waals surface area contributed by atoms with E-state index in [4.69, 9.17) is 19.2 Å². The number of benzene rings is 1. The van der Waals surface area contributed by atoms with Crippen LogP contribution in [0.2, 0.25) is 0 Å². The zero-order chi connectivity index (χ0) is 23.9. The lowest BCUT2D eigenvalue weighted by atomic mass is 9.64. The minimum atomic E-state index is -0.751. The lowest BCUT2D eigenvalue weighted by Crippen LogP contribution is -2.42. The molecule has 1 aliphatic carbocycles. The molecule has 3 heterocycles. The Morgan fingerprint density at radius 1 is 1.09 bits per heavy atom. The molecule has 1 saturated heterocycles. The standard InChI is InChI=1S/C25H29N5O4/c1-15-21(20-16(2)29-34-17(20)3)27-24(28-22(15)30-11-13-33-14-12-30)26-19-7-5-18(6-8-19)25(23(31)32)9-4-10-25/h5-8H,4,9-14H2,1-3H3,(H,31,32)(H,26,27,28). The van der Waals surface area contributed by atoms with Crippen molar-refractivity contribution in [3.8, 4) is 11.3 Å². The first-order valence-corrected chi connectivity index (χ1v) is 11.6. The second-order valence-electron chi connectivity index (χ2n) is 9.09. The number of nitrogens with one attached hydrogen (secondary N) is 1. The van der Waals surface area contributed by atoms with Gasteiger partial charge in [0.2, 0.25) is 5.95 Å². The van der Waals surface area contributed by atoms with Crippen LogP contribution < -0.4 is 10.2 Å². The minimum Gasteiger partial charge on any atom is -0.481 e. The molecule has 9 nitrogen and oxygen atoms in total. The Morgan fingerprint density at radius 2 is 1.79 bits per heavy atom. The number of aryl methyl sites for hydroxylation is 2. The molecule has 2 aromatic heterocycles. The minimum absolute atomic E-state index is 0.464. The lowest BCUT2D eigenvalue weighted by molar-refractivity contribution is -0.147. The van der Waals surface area contributed by atoms with Gasteiger partial charge in [0, 0.05) is 24.3 Å². The number of carboxylic acid groups (broad SMARTS) is 1. The summed E-state index contributed by atoms with van der Waals surface area (Å²) in [5.41, 5.74) is 4.29. The molecule has 34 heavy (non-hydrogen) atoms. The highest BCUT2D eigenvalue weighted by Crippen LogP contribution is 2.44. The molecule has 5 rings (SSSR count). The Kier molecular flexibility index (Phi) is 5.73. The second-order valence-corrected chi connectivity index (χ2v) is 9.09. The van der Waals surface area contributed by atoms with Crippen LogP contribution in [0.1, 0.15) is 41.8 Å². The fourth-order valence-electron chi connectivity index (χ4n) is 4.87. The number of morpholine rings is 1. The maximum absolute atomic E-state index is 11.8. The van der Waals surface area contributed by atoms with Gasteiger partial charge in [-0.05, 0) is 51.3 Å². The second kappa shape index (κ2) is 8.72. The van der Waals surface area contributed by atoms with E-state index in [1.165, 1.54) is 0 Å². The van der Waals surface area contributed by atoms with Crippen LogP contribution in [0.4, 0.5) is 17.5 Å². The summed E-state index contributed by atoms with van der Waals surface area (Å²) in [4.78, 5) is 23.7. The van der Waals surface area contributed by atoms with Crippen molar-refractivity contribution in [2.45, 2.75) is 45.4 Å². The third-order valence-electron chi connectivity index (χ3n) is 7.01. The molecule has 0 spiro atoms. The Labute approximate surface area is 198 Å². The van der Waals surface area contributed by atoms with Gasteiger partial charge >= 0.3 is 5.97 Å². The van der Waals surface area contributed by atoms with Crippen molar-refractivity contribution in [3.05, 3.63) is 46.8 Å². The number of hydrogen-bond acceptors (Lipinski definition) is 8. The Balaban J connectivity index is 1.51. The summed E-state index contributed by atoms with van der Waals surface area (Å²) >= 11 is 0. The number of ether oxygens (including phenoxy) is 1. The Morgan fingerprint density at radius 3 is 2.35 bits per heavy atom. The Bertz CT molecular complexity index is 1190. The highest BCUT2D eigenvalue weighted by atomic mass is 16.5. The SMILES string of the molecule is Cc1noc(C)c1-c1nc(Nc2ccc(C3(C(=O)O)CCC3)cc2)nc(N2CCOCC2)c1C. The monoisotopic (exact) mass is 463 g/mol. The molecular formula is C25H29N5O4. The molecule has 0 radical (unpaired) electrons. The first-order chi connectivity index (χ1) is 16.4. The molecule has 0 amide bonds. The van der Waals surface area contributed by atoms with Crippen LogP contribution >= 0.6 is 0 Å². The summed E-state index contributed by atoms with van der Waals surface area (Å²) in [6.07, 6.45) is 2.30. The number of aliphatic carboxylic acids is 1. The molecule has 2 N–H and O–H groups in total. The summed E-state index contributed by atoms with van der Waals surface area (Å²) in [5, 5.41) is 17.2. The molecule has 1 saturated carbocycles. The van der Waals surface area contributed by atoms with Crippen LogP contribution in [0.15, 0.2) is 28.8 Å². The number of rotatable bonds is 6. The lowest BCUT2D eigenvalue weighted by Gasteiger charge is -2.38. The molecule has 0 unspecified atom stereocenters. The van der Waals surface area contributed by atoms with Crippen molar-refractivity contribution in [1.29, 1.82) is 0 Å². The van der Waals surface area contributed by atoms with E-state index in [1.807, 2.05) is 45.0 Å². The van der Waals surface area contributed by atoms with Crippen molar-refractivity contribution in [3.63, 3.8) is 0 Å². The van der Waals surface area contributed by atoms with Gasteiger partial charge in [-0.2, -0.15) is 4.98 Å². The number of nitrogens with zero attached hydrogens (tertiary/aromatic N) is 4. The van der Waals surface area contributed by atoms with Gasteiger partial charge in [-0.25, -0.2) is 4.98 Å². The maximum atomic E-state index is 11.8.